The molecule has 1 aliphatic rings. The maximum absolute atomic E-state index is 14.6. The van der Waals surface area contributed by atoms with Gasteiger partial charge in [0.2, 0.25) is 5.95 Å². The first-order chi connectivity index (χ1) is 17.4. The van der Waals surface area contributed by atoms with Crippen LogP contribution in [0.3, 0.4) is 0 Å². The lowest BCUT2D eigenvalue weighted by atomic mass is 9.85. The Bertz CT molecular complexity index is 1560. The van der Waals surface area contributed by atoms with Gasteiger partial charge in [0.15, 0.2) is 5.65 Å². The molecule has 9 heteroatoms. The van der Waals surface area contributed by atoms with E-state index in [9.17, 15) is 14.3 Å². The van der Waals surface area contributed by atoms with Gasteiger partial charge in [0.05, 0.1) is 11.3 Å². The van der Waals surface area contributed by atoms with E-state index in [4.69, 9.17) is 4.98 Å². The molecule has 0 atom stereocenters. The number of benzene rings is 2. The predicted molar refractivity (Wildman–Crippen MR) is 143 cm³/mol. The molecule has 1 aliphatic heterocycles. The van der Waals surface area contributed by atoms with Crippen molar-refractivity contribution in [1.29, 1.82) is 0 Å². The number of anilines is 2. The normalized spacial score (nSPS) is 15.3. The van der Waals surface area contributed by atoms with Crippen molar-refractivity contribution in [1.82, 2.24) is 24.6 Å². The van der Waals surface area contributed by atoms with Crippen LogP contribution in [-0.4, -0.2) is 31.0 Å². The molecule has 2 aromatic carbocycles. The van der Waals surface area contributed by atoms with Crippen LogP contribution >= 0.6 is 0 Å². The number of nitrogens with zero attached hydrogens (tertiary/aromatic N) is 4. The zero-order chi connectivity index (χ0) is 26.7. The third-order valence-electron chi connectivity index (χ3n) is 6.96. The number of rotatable bonds is 5. The maximum atomic E-state index is 14.6. The van der Waals surface area contributed by atoms with Crippen molar-refractivity contribution in [2.45, 2.75) is 65.1 Å². The van der Waals surface area contributed by atoms with Crippen molar-refractivity contribution < 1.29 is 9.50 Å². The molecule has 5 rings (SSSR count). The van der Waals surface area contributed by atoms with Crippen LogP contribution in [0.15, 0.2) is 47.4 Å². The molecule has 0 radical (unpaired) electrons. The zero-order valence-electron chi connectivity index (χ0n) is 22.1. The highest BCUT2D eigenvalue weighted by Gasteiger charge is 2.27. The van der Waals surface area contributed by atoms with E-state index in [-0.39, 0.29) is 22.7 Å². The van der Waals surface area contributed by atoms with Gasteiger partial charge in [0.25, 0.3) is 5.56 Å². The van der Waals surface area contributed by atoms with E-state index in [1.807, 2.05) is 19.9 Å². The van der Waals surface area contributed by atoms with Crippen LogP contribution in [0.1, 0.15) is 64.3 Å². The Labute approximate surface area is 215 Å². The number of hydrogen-bond acceptors (Lipinski definition) is 6. The van der Waals surface area contributed by atoms with Crippen LogP contribution in [0.25, 0.3) is 16.7 Å². The molecule has 0 fully saturated rings. The standard InChI is InChI=1S/C28H33FN6O2/c1-16(2)34-25(36)20-15-30-26(32-18-7-9-21-17(13-18)11-12-31-27(21,3)4)33-24(20)35(34)19-8-10-23(29)22(14-19)28(5,6)37/h7-10,13-16,31,37H,11-12H2,1-6H3,(H,30,32,33). The molecule has 0 aliphatic carbocycles. The molecule has 0 saturated carbocycles. The Balaban J connectivity index is 1.63. The molecule has 0 spiro atoms. The third kappa shape index (κ3) is 4.42. The smallest absolute Gasteiger partial charge is 0.278 e. The molecule has 194 valence electrons. The number of aromatic nitrogens is 4. The summed E-state index contributed by atoms with van der Waals surface area (Å²) in [5.74, 6) is -0.172. The van der Waals surface area contributed by atoms with E-state index >= 15 is 0 Å². The van der Waals surface area contributed by atoms with Crippen LogP contribution in [0, 0.1) is 5.82 Å². The molecule has 0 amide bonds. The highest BCUT2D eigenvalue weighted by atomic mass is 19.1. The van der Waals surface area contributed by atoms with Crippen LogP contribution in [0.2, 0.25) is 0 Å². The van der Waals surface area contributed by atoms with Crippen molar-refractivity contribution >= 4 is 22.7 Å². The van der Waals surface area contributed by atoms with Gasteiger partial charge in [-0.15, -0.1) is 0 Å². The largest absolute Gasteiger partial charge is 0.386 e. The molecule has 37 heavy (non-hydrogen) atoms. The lowest BCUT2D eigenvalue weighted by Gasteiger charge is -2.34. The van der Waals surface area contributed by atoms with Gasteiger partial charge in [-0.2, -0.15) is 4.98 Å². The van der Waals surface area contributed by atoms with Gasteiger partial charge < -0.3 is 15.7 Å². The summed E-state index contributed by atoms with van der Waals surface area (Å²) >= 11 is 0. The number of fused-ring (bicyclic) bond motifs is 2. The number of hydrogen-bond donors (Lipinski definition) is 3. The van der Waals surface area contributed by atoms with E-state index in [0.717, 1.165) is 18.7 Å². The molecule has 4 aromatic rings. The van der Waals surface area contributed by atoms with Gasteiger partial charge in [-0.25, -0.2) is 18.7 Å². The van der Waals surface area contributed by atoms with Gasteiger partial charge in [-0.1, -0.05) is 6.07 Å². The minimum absolute atomic E-state index is 0.0888. The minimum Gasteiger partial charge on any atom is -0.386 e. The zero-order valence-corrected chi connectivity index (χ0v) is 22.1. The van der Waals surface area contributed by atoms with E-state index < -0.39 is 11.4 Å². The summed E-state index contributed by atoms with van der Waals surface area (Å²) in [7, 11) is 0. The molecule has 2 aromatic heterocycles. The predicted octanol–water partition coefficient (Wildman–Crippen LogP) is 4.65. The summed E-state index contributed by atoms with van der Waals surface area (Å²) in [6.07, 6.45) is 2.45. The van der Waals surface area contributed by atoms with E-state index in [2.05, 4.69) is 41.6 Å². The first-order valence-corrected chi connectivity index (χ1v) is 12.6. The van der Waals surface area contributed by atoms with Crippen molar-refractivity contribution in [3.8, 4) is 5.69 Å². The van der Waals surface area contributed by atoms with E-state index in [0.29, 0.717) is 22.7 Å². The third-order valence-corrected chi connectivity index (χ3v) is 6.96. The van der Waals surface area contributed by atoms with Gasteiger partial charge in [0.1, 0.15) is 11.2 Å². The highest BCUT2D eigenvalue weighted by molar-refractivity contribution is 5.77. The second-order valence-electron chi connectivity index (χ2n) is 11.0. The first-order valence-electron chi connectivity index (χ1n) is 12.6. The fraction of sp³-hybridized carbons (Fsp3) is 0.393. The van der Waals surface area contributed by atoms with Crippen LogP contribution < -0.4 is 16.2 Å². The van der Waals surface area contributed by atoms with Crippen LogP contribution in [0.5, 0.6) is 0 Å². The topological polar surface area (TPSA) is 97.0 Å². The average molecular weight is 505 g/mol. The number of halogens is 1. The molecular formula is C28H33FN6O2. The SMILES string of the molecule is CC(C)n1c(=O)c2cnc(Nc3ccc4c(c3)CCNC4(C)C)nc2n1-c1ccc(F)c(C(C)(C)O)c1. The number of aliphatic hydroxyl groups is 1. The highest BCUT2D eigenvalue weighted by Crippen LogP contribution is 2.31. The second kappa shape index (κ2) is 8.78. The summed E-state index contributed by atoms with van der Waals surface area (Å²) < 4.78 is 17.8. The van der Waals surface area contributed by atoms with Gasteiger partial charge >= 0.3 is 0 Å². The quantitative estimate of drug-likeness (QED) is 0.366. The summed E-state index contributed by atoms with van der Waals surface area (Å²) in [4.78, 5) is 22.5. The van der Waals surface area contributed by atoms with E-state index in [1.165, 1.54) is 37.2 Å². The first kappa shape index (κ1) is 25.1. The van der Waals surface area contributed by atoms with Crippen LogP contribution in [0.4, 0.5) is 16.0 Å². The monoisotopic (exact) mass is 504 g/mol. The molecule has 0 saturated heterocycles. The Morgan fingerprint density at radius 1 is 1.19 bits per heavy atom. The molecule has 0 bridgehead atoms. The summed E-state index contributed by atoms with van der Waals surface area (Å²) in [5.41, 5.74) is 2.71. The fourth-order valence-electron chi connectivity index (χ4n) is 5.11. The van der Waals surface area contributed by atoms with Gasteiger partial charge in [-0.05, 0) is 96.0 Å². The Kier molecular flexibility index (Phi) is 5.96. The second-order valence-corrected chi connectivity index (χ2v) is 11.0. The van der Waals surface area contributed by atoms with Crippen molar-refractivity contribution in [3.63, 3.8) is 0 Å². The molecule has 0 unspecified atom stereocenters. The summed E-state index contributed by atoms with van der Waals surface area (Å²) in [5, 5.41) is 17.7. The lowest BCUT2D eigenvalue weighted by Crippen LogP contribution is -2.42. The molecule has 3 N–H and O–H groups in total. The molecule has 3 heterocycles. The number of nitrogens with one attached hydrogen (secondary N) is 2. The summed E-state index contributed by atoms with van der Waals surface area (Å²) in [6, 6.07) is 10.5. The lowest BCUT2D eigenvalue weighted by molar-refractivity contribution is 0.0745. The fourth-order valence-corrected chi connectivity index (χ4v) is 5.11. The molecular weight excluding hydrogens is 471 g/mol. The van der Waals surface area contributed by atoms with Crippen molar-refractivity contribution in [2.24, 2.45) is 0 Å². The summed E-state index contributed by atoms with van der Waals surface area (Å²) in [6.45, 7) is 12.1. The Morgan fingerprint density at radius 2 is 1.95 bits per heavy atom. The van der Waals surface area contributed by atoms with Gasteiger partial charge in [-0.3, -0.25) is 4.79 Å². The maximum Gasteiger partial charge on any atom is 0.278 e. The Morgan fingerprint density at radius 3 is 2.65 bits per heavy atom. The van der Waals surface area contributed by atoms with Crippen molar-refractivity contribution in [2.75, 3.05) is 11.9 Å². The van der Waals surface area contributed by atoms with Crippen molar-refractivity contribution in [3.05, 3.63) is 75.5 Å². The molecule has 8 nitrogen and oxygen atoms in total. The average Bonchev–Trinajstić information content (AvgIpc) is 3.10. The Hall–Kier alpha value is -3.56. The minimum atomic E-state index is -1.40. The van der Waals surface area contributed by atoms with E-state index in [1.54, 1.807) is 21.5 Å². The van der Waals surface area contributed by atoms with Gasteiger partial charge in [0, 0.05) is 29.0 Å². The van der Waals surface area contributed by atoms with Crippen LogP contribution in [-0.2, 0) is 17.6 Å².